The van der Waals surface area contributed by atoms with Crippen LogP contribution >= 0.6 is 0 Å². The van der Waals surface area contributed by atoms with Crippen LogP contribution in [0.5, 0.6) is 0 Å². The molecule has 0 bridgehead atoms. The fourth-order valence-corrected chi connectivity index (χ4v) is 2.15. The lowest BCUT2D eigenvalue weighted by Gasteiger charge is -2.26. The molecule has 0 aliphatic heterocycles. The number of rotatable bonds is 7. The molecule has 1 unspecified atom stereocenters. The van der Waals surface area contributed by atoms with Gasteiger partial charge >= 0.3 is 0 Å². The molecule has 1 amide bonds. The molecule has 4 N–H and O–H groups in total. The lowest BCUT2D eigenvalue weighted by molar-refractivity contribution is -0.121. The minimum absolute atomic E-state index is 0.102. The average molecular weight is 279 g/mol. The summed E-state index contributed by atoms with van der Waals surface area (Å²) in [5.41, 5.74) is 5.72. The summed E-state index contributed by atoms with van der Waals surface area (Å²) in [6.45, 7) is 8.04. The first-order valence-corrected chi connectivity index (χ1v) is 7.73. The second-order valence-corrected chi connectivity index (χ2v) is 7.27. The van der Waals surface area contributed by atoms with Gasteiger partial charge in [-0.1, -0.05) is 27.7 Å². The summed E-state index contributed by atoms with van der Waals surface area (Å²) >= 11 is 0. The molecular formula is C11H25N3O3S. The summed E-state index contributed by atoms with van der Waals surface area (Å²) in [4.78, 5) is 11.5. The molecule has 0 heterocycles. The zero-order chi connectivity index (χ0) is 14.4. The van der Waals surface area contributed by atoms with Crippen LogP contribution < -0.4 is 15.8 Å². The second kappa shape index (κ2) is 7.06. The van der Waals surface area contributed by atoms with Gasteiger partial charge in [-0.2, -0.15) is 0 Å². The number of hydrogen-bond acceptors (Lipinski definition) is 4. The number of nitrogens with one attached hydrogen (secondary N) is 2. The van der Waals surface area contributed by atoms with Crippen LogP contribution in [0, 0.1) is 5.41 Å². The van der Waals surface area contributed by atoms with Crippen molar-refractivity contribution in [1.29, 1.82) is 0 Å². The summed E-state index contributed by atoms with van der Waals surface area (Å²) in [5.74, 6) is -0.332. The number of hydrogen-bond donors (Lipinski definition) is 3. The van der Waals surface area contributed by atoms with E-state index in [1.807, 2.05) is 20.8 Å². The van der Waals surface area contributed by atoms with Crippen LogP contribution in [0.1, 0.15) is 34.1 Å². The van der Waals surface area contributed by atoms with Crippen molar-refractivity contribution >= 4 is 15.9 Å². The number of carbonyl (C=O) groups is 1. The topological polar surface area (TPSA) is 101 Å². The zero-order valence-corrected chi connectivity index (χ0v) is 12.4. The Labute approximate surface area is 110 Å². The minimum atomic E-state index is -3.28. The first-order chi connectivity index (χ1) is 8.08. The standard InChI is InChI=1S/C11H25N3O3S/c1-5-14-18(16,17)7-6-13-10(15)8-9(12)11(2,3)4/h9,14H,5-8,12H2,1-4H3,(H,13,15). The second-order valence-electron chi connectivity index (χ2n) is 5.34. The first kappa shape index (κ1) is 17.3. The van der Waals surface area contributed by atoms with Gasteiger partial charge in [0.25, 0.3) is 0 Å². The molecule has 1 atom stereocenters. The smallest absolute Gasteiger partial charge is 0.221 e. The van der Waals surface area contributed by atoms with Gasteiger partial charge in [-0.25, -0.2) is 13.1 Å². The van der Waals surface area contributed by atoms with Crippen LogP contribution in [0.4, 0.5) is 0 Å². The normalized spacial score (nSPS) is 14.3. The molecule has 0 spiro atoms. The largest absolute Gasteiger partial charge is 0.355 e. The van der Waals surface area contributed by atoms with E-state index < -0.39 is 10.0 Å². The number of nitrogens with two attached hydrogens (primary N) is 1. The molecule has 0 aromatic carbocycles. The molecule has 0 fully saturated rings. The fraction of sp³-hybridized carbons (Fsp3) is 0.909. The third kappa shape index (κ3) is 7.62. The van der Waals surface area contributed by atoms with Crippen LogP contribution in [0.15, 0.2) is 0 Å². The Hall–Kier alpha value is -0.660. The maximum Gasteiger partial charge on any atom is 0.221 e. The van der Waals surface area contributed by atoms with Crippen LogP contribution in [0.25, 0.3) is 0 Å². The number of carbonyl (C=O) groups excluding carboxylic acids is 1. The Balaban J connectivity index is 4.00. The lowest BCUT2D eigenvalue weighted by atomic mass is 9.85. The van der Waals surface area contributed by atoms with Crippen molar-refractivity contribution in [1.82, 2.24) is 10.0 Å². The molecule has 6 nitrogen and oxygen atoms in total. The van der Waals surface area contributed by atoms with E-state index in [2.05, 4.69) is 10.0 Å². The van der Waals surface area contributed by atoms with E-state index in [4.69, 9.17) is 5.73 Å². The Morgan fingerprint density at radius 2 is 1.89 bits per heavy atom. The molecule has 0 saturated heterocycles. The average Bonchev–Trinajstić information content (AvgIpc) is 2.15. The van der Waals surface area contributed by atoms with Crippen molar-refractivity contribution in [3.05, 3.63) is 0 Å². The van der Waals surface area contributed by atoms with Gasteiger partial charge in [0.05, 0.1) is 5.75 Å². The van der Waals surface area contributed by atoms with E-state index in [0.717, 1.165) is 0 Å². The fourth-order valence-electron chi connectivity index (χ4n) is 1.19. The van der Waals surface area contributed by atoms with E-state index in [1.54, 1.807) is 6.92 Å². The van der Waals surface area contributed by atoms with Gasteiger partial charge in [0.15, 0.2) is 0 Å². The lowest BCUT2D eigenvalue weighted by Crippen LogP contribution is -2.41. The molecule has 0 aliphatic carbocycles. The van der Waals surface area contributed by atoms with Gasteiger partial charge in [-0.05, 0) is 5.41 Å². The summed E-state index contributed by atoms with van der Waals surface area (Å²) in [7, 11) is -3.28. The van der Waals surface area contributed by atoms with Crippen molar-refractivity contribution in [2.24, 2.45) is 11.1 Å². The van der Waals surface area contributed by atoms with E-state index in [1.165, 1.54) is 0 Å². The van der Waals surface area contributed by atoms with Gasteiger partial charge in [0.2, 0.25) is 15.9 Å². The van der Waals surface area contributed by atoms with Crippen LogP contribution in [-0.4, -0.2) is 39.2 Å². The molecule has 0 rings (SSSR count). The molecule has 0 aromatic heterocycles. The van der Waals surface area contributed by atoms with Gasteiger partial charge < -0.3 is 11.1 Å². The van der Waals surface area contributed by atoms with Gasteiger partial charge in [0.1, 0.15) is 0 Å². The predicted octanol–water partition coefficient (Wildman–Crippen LogP) is -0.195. The Bertz CT molecular complexity index is 360. The minimum Gasteiger partial charge on any atom is -0.355 e. The van der Waals surface area contributed by atoms with Crippen molar-refractivity contribution in [3.8, 4) is 0 Å². The van der Waals surface area contributed by atoms with Crippen molar-refractivity contribution in [3.63, 3.8) is 0 Å². The van der Waals surface area contributed by atoms with Gasteiger partial charge in [-0.15, -0.1) is 0 Å². The molecule has 108 valence electrons. The van der Waals surface area contributed by atoms with Crippen LogP contribution in [0.2, 0.25) is 0 Å². The van der Waals surface area contributed by atoms with E-state index >= 15 is 0 Å². The maximum atomic E-state index is 11.5. The summed E-state index contributed by atoms with van der Waals surface area (Å²) in [5, 5.41) is 2.56. The number of amides is 1. The highest BCUT2D eigenvalue weighted by Crippen LogP contribution is 2.19. The molecule has 0 aromatic rings. The maximum absolute atomic E-state index is 11.5. The molecule has 7 heteroatoms. The van der Waals surface area contributed by atoms with Crippen molar-refractivity contribution in [2.75, 3.05) is 18.8 Å². The highest BCUT2D eigenvalue weighted by atomic mass is 32.2. The highest BCUT2D eigenvalue weighted by Gasteiger charge is 2.23. The first-order valence-electron chi connectivity index (χ1n) is 6.08. The van der Waals surface area contributed by atoms with Crippen molar-refractivity contribution in [2.45, 2.75) is 40.2 Å². The monoisotopic (exact) mass is 279 g/mol. The molecule has 0 radical (unpaired) electrons. The summed E-state index contributed by atoms with van der Waals surface area (Å²) in [6, 6.07) is -0.247. The Kier molecular flexibility index (Phi) is 6.80. The Morgan fingerprint density at radius 1 is 1.33 bits per heavy atom. The summed E-state index contributed by atoms with van der Waals surface area (Å²) < 4.78 is 25.0. The SMILES string of the molecule is CCNS(=O)(=O)CCNC(=O)CC(N)C(C)(C)C. The molecular weight excluding hydrogens is 254 g/mol. The zero-order valence-electron chi connectivity index (χ0n) is 11.6. The van der Waals surface area contributed by atoms with E-state index in [0.29, 0.717) is 6.54 Å². The third-order valence-corrected chi connectivity index (χ3v) is 4.04. The van der Waals surface area contributed by atoms with E-state index in [9.17, 15) is 13.2 Å². The Morgan fingerprint density at radius 3 is 2.33 bits per heavy atom. The van der Waals surface area contributed by atoms with Crippen LogP contribution in [0.3, 0.4) is 0 Å². The quantitative estimate of drug-likeness (QED) is 0.601. The molecule has 0 saturated carbocycles. The van der Waals surface area contributed by atoms with Gasteiger partial charge in [-0.3, -0.25) is 4.79 Å². The highest BCUT2D eigenvalue weighted by molar-refractivity contribution is 7.89. The van der Waals surface area contributed by atoms with Gasteiger partial charge in [0, 0.05) is 25.6 Å². The third-order valence-electron chi connectivity index (χ3n) is 2.57. The number of sulfonamides is 1. The molecule has 18 heavy (non-hydrogen) atoms. The van der Waals surface area contributed by atoms with E-state index in [-0.39, 0.29) is 36.1 Å². The van der Waals surface area contributed by atoms with Crippen molar-refractivity contribution < 1.29 is 13.2 Å². The molecule has 0 aliphatic rings. The van der Waals surface area contributed by atoms with Crippen LogP contribution in [-0.2, 0) is 14.8 Å². The predicted molar refractivity (Wildman–Crippen MR) is 72.5 cm³/mol. The summed E-state index contributed by atoms with van der Waals surface area (Å²) in [6.07, 6.45) is 0.199.